The molecule has 0 radical (unpaired) electrons. The number of halogens is 7. The molecule has 2 aromatic heterocycles. The molecule has 0 bridgehead atoms. The van der Waals surface area contributed by atoms with Crippen molar-refractivity contribution in [2.75, 3.05) is 0 Å². The van der Waals surface area contributed by atoms with Gasteiger partial charge in [0.05, 0.1) is 0 Å². The molecule has 0 saturated carbocycles. The van der Waals surface area contributed by atoms with E-state index in [1.807, 2.05) is 23.6 Å². The van der Waals surface area contributed by atoms with Crippen LogP contribution in [0, 0.1) is 0 Å². The average molecular weight is 410 g/mol. The highest BCUT2D eigenvalue weighted by molar-refractivity contribution is 7.23. The topological polar surface area (TPSA) is 0 Å². The summed E-state index contributed by atoms with van der Waals surface area (Å²) < 4.78 is 90.4. The van der Waals surface area contributed by atoms with E-state index in [1.54, 1.807) is 6.07 Å². The third-order valence-corrected chi connectivity index (χ3v) is 5.85. The third kappa shape index (κ3) is 3.14. The van der Waals surface area contributed by atoms with Crippen molar-refractivity contribution in [3.8, 4) is 20.2 Å². The van der Waals surface area contributed by atoms with Gasteiger partial charge in [-0.1, -0.05) is 30.3 Å². The quantitative estimate of drug-likeness (QED) is 0.392. The summed E-state index contributed by atoms with van der Waals surface area (Å²) in [7, 11) is 0. The number of thiophene rings is 2. The van der Waals surface area contributed by atoms with Crippen molar-refractivity contribution in [1.82, 2.24) is 0 Å². The highest BCUT2D eigenvalue weighted by atomic mass is 32.1. The Morgan fingerprint density at radius 1 is 0.654 bits per heavy atom. The van der Waals surface area contributed by atoms with Crippen molar-refractivity contribution in [3.05, 3.63) is 59.5 Å². The molecule has 0 aliphatic carbocycles. The van der Waals surface area contributed by atoms with Crippen LogP contribution in [-0.4, -0.2) is 12.1 Å². The van der Waals surface area contributed by atoms with Crippen LogP contribution in [0.4, 0.5) is 30.7 Å². The van der Waals surface area contributed by atoms with E-state index < -0.39 is 23.6 Å². The maximum Gasteiger partial charge on any atom is 0.460 e. The summed E-state index contributed by atoms with van der Waals surface area (Å²) in [6.07, 6.45) is -6.35. The summed E-state index contributed by atoms with van der Waals surface area (Å²) in [6.45, 7) is 0. The molecule has 0 nitrogen and oxygen atoms in total. The monoisotopic (exact) mass is 410 g/mol. The van der Waals surface area contributed by atoms with Crippen molar-refractivity contribution in [3.63, 3.8) is 0 Å². The van der Waals surface area contributed by atoms with Crippen LogP contribution < -0.4 is 0 Å². The molecule has 9 heteroatoms. The predicted octanol–water partition coefficient (Wildman–Crippen LogP) is 7.43. The molecular formula is C17H9F7S2. The van der Waals surface area contributed by atoms with E-state index in [4.69, 9.17) is 0 Å². The smallest absolute Gasteiger partial charge is 0.194 e. The fraction of sp³-hybridized carbons (Fsp3) is 0.176. The van der Waals surface area contributed by atoms with Gasteiger partial charge in [-0.05, 0) is 29.1 Å². The second kappa shape index (κ2) is 6.38. The summed E-state index contributed by atoms with van der Waals surface area (Å²) >= 11 is 2.88. The van der Waals surface area contributed by atoms with Crippen molar-refractivity contribution >= 4 is 22.7 Å². The van der Waals surface area contributed by atoms with E-state index in [9.17, 15) is 30.7 Å². The van der Waals surface area contributed by atoms with E-state index in [-0.39, 0.29) is 0 Å². The predicted molar refractivity (Wildman–Crippen MR) is 88.0 cm³/mol. The molecule has 0 amide bonds. The molecule has 1 aromatic carbocycles. The van der Waals surface area contributed by atoms with Gasteiger partial charge in [0.15, 0.2) is 0 Å². The number of hydrogen-bond donors (Lipinski definition) is 0. The third-order valence-electron chi connectivity index (χ3n) is 3.65. The van der Waals surface area contributed by atoms with E-state index in [0.717, 1.165) is 21.9 Å². The van der Waals surface area contributed by atoms with Crippen molar-refractivity contribution < 1.29 is 30.7 Å². The van der Waals surface area contributed by atoms with Crippen LogP contribution in [0.3, 0.4) is 0 Å². The fourth-order valence-electron chi connectivity index (χ4n) is 2.25. The van der Waals surface area contributed by atoms with Gasteiger partial charge in [0.2, 0.25) is 0 Å². The second-order valence-corrected chi connectivity index (χ2v) is 7.40. The molecule has 3 rings (SSSR count). The normalized spacial score (nSPS) is 13.2. The van der Waals surface area contributed by atoms with Crippen LogP contribution in [0.2, 0.25) is 0 Å². The summed E-state index contributed by atoms with van der Waals surface area (Å²) in [5.41, 5.74) is -0.939. The standard InChI is InChI=1S/C17H9F7S2/c18-15(19,16(20,21)17(22,23)24)11-5-3-10(4-6-11)12-7-8-14(26-12)13-2-1-9-25-13/h1-9H. The number of benzene rings is 1. The summed E-state index contributed by atoms with van der Waals surface area (Å²) in [5, 5.41) is 1.90. The largest absolute Gasteiger partial charge is 0.460 e. The molecule has 2 heterocycles. The average Bonchev–Trinajstić information content (AvgIpc) is 3.25. The fourth-order valence-corrected chi connectivity index (χ4v) is 4.09. The Bertz CT molecular complexity index is 875. The molecule has 0 fully saturated rings. The molecule has 0 atom stereocenters. The molecule has 138 valence electrons. The van der Waals surface area contributed by atoms with Crippen LogP contribution >= 0.6 is 22.7 Å². The summed E-state index contributed by atoms with van der Waals surface area (Å²) in [4.78, 5) is 2.63. The Balaban J connectivity index is 1.89. The summed E-state index contributed by atoms with van der Waals surface area (Å²) in [5.74, 6) is -11.5. The van der Waals surface area contributed by atoms with Gasteiger partial charge in [-0.2, -0.15) is 30.7 Å². The molecule has 0 N–H and O–H groups in total. The van der Waals surface area contributed by atoms with Crippen LogP contribution in [0.1, 0.15) is 5.56 Å². The maximum absolute atomic E-state index is 13.7. The van der Waals surface area contributed by atoms with Gasteiger partial charge >= 0.3 is 18.0 Å². The van der Waals surface area contributed by atoms with Gasteiger partial charge in [-0.3, -0.25) is 0 Å². The van der Waals surface area contributed by atoms with Crippen LogP contribution in [-0.2, 0) is 5.92 Å². The van der Waals surface area contributed by atoms with Crippen molar-refractivity contribution in [2.24, 2.45) is 0 Å². The first kappa shape index (κ1) is 18.9. The van der Waals surface area contributed by atoms with Crippen LogP contribution in [0.25, 0.3) is 20.2 Å². The highest BCUT2D eigenvalue weighted by Gasteiger charge is 2.73. The number of hydrogen-bond acceptors (Lipinski definition) is 2. The highest BCUT2D eigenvalue weighted by Crippen LogP contribution is 2.52. The Hall–Kier alpha value is -1.87. The molecule has 3 aromatic rings. The first-order valence-corrected chi connectivity index (χ1v) is 8.80. The van der Waals surface area contributed by atoms with Gasteiger partial charge in [0.25, 0.3) is 0 Å². The lowest BCUT2D eigenvalue weighted by molar-refractivity contribution is -0.359. The van der Waals surface area contributed by atoms with Gasteiger partial charge in [0, 0.05) is 20.2 Å². The Kier molecular flexibility index (Phi) is 4.64. The second-order valence-electron chi connectivity index (χ2n) is 5.37. The lowest BCUT2D eigenvalue weighted by Gasteiger charge is -2.28. The molecule has 0 aliphatic heterocycles. The van der Waals surface area contributed by atoms with Gasteiger partial charge in [0.1, 0.15) is 0 Å². The zero-order valence-electron chi connectivity index (χ0n) is 12.7. The molecule has 0 aliphatic rings. The minimum absolute atomic E-state index is 0.452. The minimum Gasteiger partial charge on any atom is -0.194 e. The van der Waals surface area contributed by atoms with Crippen molar-refractivity contribution in [1.29, 1.82) is 0 Å². The zero-order chi connectivity index (χ0) is 19.2. The van der Waals surface area contributed by atoms with Gasteiger partial charge in [-0.25, -0.2) is 0 Å². The minimum atomic E-state index is -6.35. The molecular weight excluding hydrogens is 401 g/mol. The Morgan fingerprint density at radius 3 is 1.81 bits per heavy atom. The van der Waals surface area contributed by atoms with Gasteiger partial charge < -0.3 is 0 Å². The lowest BCUT2D eigenvalue weighted by atomic mass is 10.00. The first-order chi connectivity index (χ1) is 12.0. The lowest BCUT2D eigenvalue weighted by Crippen LogP contribution is -2.49. The van der Waals surface area contributed by atoms with E-state index in [2.05, 4.69) is 0 Å². The van der Waals surface area contributed by atoms with Crippen LogP contribution in [0.5, 0.6) is 0 Å². The molecule has 0 saturated heterocycles. The Labute approximate surface area is 151 Å². The molecule has 26 heavy (non-hydrogen) atoms. The number of alkyl halides is 7. The number of rotatable bonds is 4. The van der Waals surface area contributed by atoms with Gasteiger partial charge in [-0.15, -0.1) is 22.7 Å². The zero-order valence-corrected chi connectivity index (χ0v) is 14.3. The SMILES string of the molecule is FC(F)(F)C(F)(F)C(F)(F)c1ccc(-c2ccc(-c3cccs3)s2)cc1. The van der Waals surface area contributed by atoms with E-state index >= 15 is 0 Å². The van der Waals surface area contributed by atoms with Crippen molar-refractivity contribution in [2.45, 2.75) is 18.0 Å². The molecule has 0 unspecified atom stereocenters. The molecule has 0 spiro atoms. The van der Waals surface area contributed by atoms with E-state index in [0.29, 0.717) is 22.6 Å². The maximum atomic E-state index is 13.7. The first-order valence-electron chi connectivity index (χ1n) is 7.11. The summed E-state index contributed by atoms with van der Waals surface area (Å²) in [6, 6.07) is 10.8. The Morgan fingerprint density at radius 2 is 1.27 bits per heavy atom. The van der Waals surface area contributed by atoms with E-state index in [1.165, 1.54) is 22.7 Å². The van der Waals surface area contributed by atoms with Crippen LogP contribution in [0.15, 0.2) is 53.9 Å².